The van der Waals surface area contributed by atoms with Gasteiger partial charge in [-0.1, -0.05) is 19.1 Å². The summed E-state index contributed by atoms with van der Waals surface area (Å²) < 4.78 is 2.27. The molecule has 1 aromatic carbocycles. The normalized spacial score (nSPS) is 14.7. The lowest BCUT2D eigenvalue weighted by molar-refractivity contribution is 0.196. The van der Waals surface area contributed by atoms with Crippen LogP contribution in [0.4, 0.5) is 0 Å². The molecular weight excluding hydrogens is 238 g/mol. The summed E-state index contributed by atoms with van der Waals surface area (Å²) in [5.41, 5.74) is 7.72. The maximum Gasteiger partial charge on any atom is 0.109 e. The zero-order chi connectivity index (χ0) is 13.9. The van der Waals surface area contributed by atoms with E-state index < -0.39 is 5.54 Å². The molecule has 0 aliphatic heterocycles. The Balaban J connectivity index is 2.15. The molecule has 4 nitrogen and oxygen atoms in total. The molecule has 0 bridgehead atoms. The van der Waals surface area contributed by atoms with Crippen LogP contribution in [0.15, 0.2) is 24.3 Å². The second-order valence-corrected chi connectivity index (χ2v) is 5.44. The third-order valence-electron chi connectivity index (χ3n) is 3.54. The molecular formula is C15H23N3O. The molecule has 0 amide bonds. The average Bonchev–Trinajstić information content (AvgIpc) is 2.77. The summed E-state index contributed by atoms with van der Waals surface area (Å²) in [6, 6.07) is 8.21. The monoisotopic (exact) mass is 261 g/mol. The first-order valence-corrected chi connectivity index (χ1v) is 6.91. The van der Waals surface area contributed by atoms with E-state index in [4.69, 9.17) is 5.73 Å². The van der Waals surface area contributed by atoms with E-state index in [1.54, 1.807) is 0 Å². The topological polar surface area (TPSA) is 64.1 Å². The van der Waals surface area contributed by atoms with Crippen LogP contribution in [0, 0.1) is 0 Å². The molecule has 1 unspecified atom stereocenters. The first-order chi connectivity index (χ1) is 9.07. The maximum absolute atomic E-state index is 9.18. The Labute approximate surface area is 114 Å². The number of aromatic nitrogens is 2. The van der Waals surface area contributed by atoms with Crippen LogP contribution in [0.5, 0.6) is 0 Å². The molecule has 0 aliphatic rings. The Morgan fingerprint density at radius 3 is 2.79 bits per heavy atom. The van der Waals surface area contributed by atoms with Gasteiger partial charge in [0, 0.05) is 18.5 Å². The number of nitrogens with two attached hydrogens (primary N) is 1. The minimum atomic E-state index is -0.483. The van der Waals surface area contributed by atoms with Crippen molar-refractivity contribution >= 4 is 11.0 Å². The lowest BCUT2D eigenvalue weighted by Gasteiger charge is -2.21. The summed E-state index contributed by atoms with van der Waals surface area (Å²) in [6.45, 7) is 4.94. The lowest BCUT2D eigenvalue weighted by atomic mass is 9.98. The zero-order valence-electron chi connectivity index (χ0n) is 11.8. The Hall–Kier alpha value is -1.39. The molecule has 2 aromatic rings. The highest BCUT2D eigenvalue weighted by Gasteiger charge is 2.17. The van der Waals surface area contributed by atoms with Crippen LogP contribution in [0.1, 0.15) is 32.5 Å². The molecule has 0 radical (unpaired) electrons. The molecule has 3 N–H and O–H groups in total. The molecule has 1 aromatic heterocycles. The Morgan fingerprint density at radius 1 is 1.37 bits per heavy atom. The van der Waals surface area contributed by atoms with Crippen LogP contribution in [0.25, 0.3) is 11.0 Å². The number of hydrogen-bond donors (Lipinski definition) is 2. The predicted molar refractivity (Wildman–Crippen MR) is 78.0 cm³/mol. The smallest absolute Gasteiger partial charge is 0.109 e. The SMILES string of the molecule is CCc1nc2ccccc2n1CCCC(C)(N)CO. The van der Waals surface area contributed by atoms with Crippen LogP contribution in [-0.2, 0) is 13.0 Å². The van der Waals surface area contributed by atoms with Crippen LogP contribution in [0.2, 0.25) is 0 Å². The van der Waals surface area contributed by atoms with Crippen LogP contribution < -0.4 is 5.73 Å². The molecule has 2 rings (SSSR count). The van der Waals surface area contributed by atoms with Gasteiger partial charge in [-0.2, -0.15) is 0 Å². The van der Waals surface area contributed by atoms with Gasteiger partial charge in [0.05, 0.1) is 17.6 Å². The van der Waals surface area contributed by atoms with Gasteiger partial charge in [-0.15, -0.1) is 0 Å². The highest BCUT2D eigenvalue weighted by atomic mass is 16.3. The van der Waals surface area contributed by atoms with Gasteiger partial charge in [0.25, 0.3) is 0 Å². The summed E-state index contributed by atoms with van der Waals surface area (Å²) in [7, 11) is 0. The number of aryl methyl sites for hydroxylation is 2. The van der Waals surface area contributed by atoms with Gasteiger partial charge in [-0.3, -0.25) is 0 Å². The molecule has 1 atom stereocenters. The van der Waals surface area contributed by atoms with Gasteiger partial charge in [0.2, 0.25) is 0 Å². The number of aliphatic hydroxyl groups is 1. The fourth-order valence-corrected chi connectivity index (χ4v) is 2.36. The van der Waals surface area contributed by atoms with E-state index in [1.807, 2.05) is 25.1 Å². The average molecular weight is 261 g/mol. The van der Waals surface area contributed by atoms with E-state index in [1.165, 1.54) is 5.52 Å². The van der Waals surface area contributed by atoms with Gasteiger partial charge in [-0.25, -0.2) is 4.98 Å². The van der Waals surface area contributed by atoms with Crippen molar-refractivity contribution in [1.82, 2.24) is 9.55 Å². The number of aliphatic hydroxyl groups excluding tert-OH is 1. The van der Waals surface area contributed by atoms with Crippen LogP contribution >= 0.6 is 0 Å². The standard InChI is InChI=1S/C15H23N3O/c1-3-14-17-12-7-4-5-8-13(12)18(14)10-6-9-15(2,16)11-19/h4-5,7-8,19H,3,6,9-11,16H2,1-2H3. The number of nitrogens with zero attached hydrogens (tertiary/aromatic N) is 2. The van der Waals surface area contributed by atoms with Crippen molar-refractivity contribution in [3.63, 3.8) is 0 Å². The molecule has 0 saturated heterocycles. The van der Waals surface area contributed by atoms with Crippen molar-refractivity contribution in [3.05, 3.63) is 30.1 Å². The lowest BCUT2D eigenvalue weighted by Crippen LogP contribution is -2.40. The van der Waals surface area contributed by atoms with E-state index in [0.29, 0.717) is 0 Å². The molecule has 4 heteroatoms. The second-order valence-electron chi connectivity index (χ2n) is 5.44. The number of imidazole rings is 1. The minimum Gasteiger partial charge on any atom is -0.394 e. The number of fused-ring (bicyclic) bond motifs is 1. The Morgan fingerprint density at radius 2 is 2.11 bits per heavy atom. The number of hydrogen-bond acceptors (Lipinski definition) is 3. The summed E-state index contributed by atoms with van der Waals surface area (Å²) in [6.07, 6.45) is 2.68. The van der Waals surface area contributed by atoms with Gasteiger partial charge >= 0.3 is 0 Å². The van der Waals surface area contributed by atoms with E-state index in [2.05, 4.69) is 22.5 Å². The first-order valence-electron chi connectivity index (χ1n) is 6.91. The first kappa shape index (κ1) is 14.0. The van der Waals surface area contributed by atoms with Gasteiger partial charge < -0.3 is 15.4 Å². The Bertz CT molecular complexity index is 545. The summed E-state index contributed by atoms with van der Waals surface area (Å²) in [5.74, 6) is 1.11. The molecule has 1 heterocycles. The van der Waals surface area contributed by atoms with Crippen LogP contribution in [-0.4, -0.2) is 26.8 Å². The summed E-state index contributed by atoms with van der Waals surface area (Å²) >= 11 is 0. The minimum absolute atomic E-state index is 0.0261. The molecule has 19 heavy (non-hydrogen) atoms. The van der Waals surface area contributed by atoms with E-state index in [9.17, 15) is 5.11 Å². The van der Waals surface area contributed by atoms with Crippen molar-refractivity contribution in [2.45, 2.75) is 45.2 Å². The predicted octanol–water partition coefficient (Wildman–Crippen LogP) is 2.09. The van der Waals surface area contributed by atoms with Crippen molar-refractivity contribution in [3.8, 4) is 0 Å². The van der Waals surface area contributed by atoms with Crippen molar-refractivity contribution < 1.29 is 5.11 Å². The maximum atomic E-state index is 9.18. The van der Waals surface area contributed by atoms with E-state index in [0.717, 1.165) is 37.1 Å². The summed E-state index contributed by atoms with van der Waals surface area (Å²) in [4.78, 5) is 4.65. The number of para-hydroxylation sites is 2. The van der Waals surface area contributed by atoms with Crippen molar-refractivity contribution in [2.75, 3.05) is 6.61 Å². The Kier molecular flexibility index (Phi) is 4.22. The largest absolute Gasteiger partial charge is 0.394 e. The molecule has 0 aliphatic carbocycles. The van der Waals surface area contributed by atoms with E-state index >= 15 is 0 Å². The number of benzene rings is 1. The van der Waals surface area contributed by atoms with Gasteiger partial charge in [0.15, 0.2) is 0 Å². The molecule has 0 fully saturated rings. The van der Waals surface area contributed by atoms with Crippen LogP contribution in [0.3, 0.4) is 0 Å². The van der Waals surface area contributed by atoms with Crippen molar-refractivity contribution in [2.24, 2.45) is 5.73 Å². The molecule has 104 valence electrons. The highest BCUT2D eigenvalue weighted by Crippen LogP contribution is 2.18. The fourth-order valence-electron chi connectivity index (χ4n) is 2.36. The highest BCUT2D eigenvalue weighted by molar-refractivity contribution is 5.75. The van der Waals surface area contributed by atoms with Crippen molar-refractivity contribution in [1.29, 1.82) is 0 Å². The molecule has 0 spiro atoms. The zero-order valence-corrected chi connectivity index (χ0v) is 11.8. The fraction of sp³-hybridized carbons (Fsp3) is 0.533. The third-order valence-corrected chi connectivity index (χ3v) is 3.54. The van der Waals surface area contributed by atoms with Gasteiger partial charge in [0.1, 0.15) is 5.82 Å². The van der Waals surface area contributed by atoms with E-state index in [-0.39, 0.29) is 6.61 Å². The molecule has 0 saturated carbocycles. The third kappa shape index (κ3) is 3.14. The second kappa shape index (κ2) is 5.72. The quantitative estimate of drug-likeness (QED) is 0.837. The van der Waals surface area contributed by atoms with Gasteiger partial charge in [-0.05, 0) is 31.9 Å². The number of rotatable bonds is 6. The summed E-state index contributed by atoms with van der Waals surface area (Å²) in [5, 5.41) is 9.18.